The molecule has 6 heteroatoms. The number of imidazole rings is 1. The second-order valence-electron chi connectivity index (χ2n) is 6.87. The molecule has 2 heterocycles. The Morgan fingerprint density at radius 2 is 2.00 bits per heavy atom. The summed E-state index contributed by atoms with van der Waals surface area (Å²) in [6, 6.07) is 9.50. The van der Waals surface area contributed by atoms with Crippen LogP contribution >= 0.6 is 0 Å². The van der Waals surface area contributed by atoms with Gasteiger partial charge in [0.2, 0.25) is 5.76 Å². The molecule has 28 heavy (non-hydrogen) atoms. The summed E-state index contributed by atoms with van der Waals surface area (Å²) in [5, 5.41) is 13.8. The first kappa shape index (κ1) is 19.7. The largest absolute Gasteiger partial charge is 0.493 e. The second kappa shape index (κ2) is 9.25. The number of aliphatic hydroxyl groups is 1. The summed E-state index contributed by atoms with van der Waals surface area (Å²) in [6.45, 7) is 7.19. The average Bonchev–Trinajstić information content (AvgIpc) is 3.35. The first-order valence-corrected chi connectivity index (χ1v) is 9.44. The lowest BCUT2D eigenvalue weighted by Crippen LogP contribution is -2.07. The van der Waals surface area contributed by atoms with Crippen molar-refractivity contribution in [1.82, 2.24) is 14.7 Å². The molecule has 0 aliphatic rings. The van der Waals surface area contributed by atoms with Crippen molar-refractivity contribution >= 4 is 0 Å². The molecule has 0 aliphatic heterocycles. The highest BCUT2D eigenvalue weighted by Gasteiger charge is 2.11. The number of ether oxygens (including phenoxy) is 1. The highest BCUT2D eigenvalue weighted by molar-refractivity contribution is 5.41. The van der Waals surface area contributed by atoms with Gasteiger partial charge in [-0.2, -0.15) is 0 Å². The van der Waals surface area contributed by atoms with E-state index in [1.165, 1.54) is 0 Å². The third kappa shape index (κ3) is 5.24. The van der Waals surface area contributed by atoms with Crippen LogP contribution in [0.1, 0.15) is 56.1 Å². The van der Waals surface area contributed by atoms with Crippen molar-refractivity contribution in [2.45, 2.75) is 39.8 Å². The van der Waals surface area contributed by atoms with Gasteiger partial charge in [-0.1, -0.05) is 31.3 Å². The average molecular weight is 379 g/mol. The van der Waals surface area contributed by atoms with Gasteiger partial charge in [0.25, 0.3) is 0 Å². The van der Waals surface area contributed by atoms with E-state index in [9.17, 15) is 5.11 Å². The first-order chi connectivity index (χ1) is 13.5. The van der Waals surface area contributed by atoms with Crippen molar-refractivity contribution in [3.8, 4) is 17.6 Å². The minimum Gasteiger partial charge on any atom is -0.493 e. The van der Waals surface area contributed by atoms with Gasteiger partial charge in [-0.05, 0) is 43.0 Å². The lowest BCUT2D eigenvalue weighted by Gasteiger charge is -2.10. The van der Waals surface area contributed by atoms with Crippen LogP contribution in [-0.4, -0.2) is 26.4 Å². The predicted molar refractivity (Wildman–Crippen MR) is 106 cm³/mol. The predicted octanol–water partition coefficient (Wildman–Crippen LogP) is 3.80. The fourth-order valence-electron chi connectivity index (χ4n) is 2.57. The molecule has 0 unspecified atom stereocenters. The maximum Gasteiger partial charge on any atom is 0.210 e. The van der Waals surface area contributed by atoms with Gasteiger partial charge in [-0.25, -0.2) is 4.98 Å². The van der Waals surface area contributed by atoms with Crippen LogP contribution in [0.15, 0.2) is 47.2 Å². The Labute approximate surface area is 165 Å². The smallest absolute Gasteiger partial charge is 0.210 e. The molecule has 1 aromatic carbocycles. The van der Waals surface area contributed by atoms with E-state index in [2.05, 4.69) is 35.8 Å². The van der Waals surface area contributed by atoms with E-state index in [1.807, 2.05) is 28.8 Å². The highest BCUT2D eigenvalue weighted by atomic mass is 16.5. The first-order valence-electron chi connectivity index (χ1n) is 9.44. The number of hydrogen-bond acceptors (Lipinski definition) is 5. The molecule has 3 rings (SSSR count). The summed E-state index contributed by atoms with van der Waals surface area (Å²) in [6.07, 6.45) is 3.91. The molecule has 0 saturated heterocycles. The van der Waals surface area contributed by atoms with E-state index in [0.717, 1.165) is 30.0 Å². The van der Waals surface area contributed by atoms with E-state index in [1.54, 1.807) is 25.4 Å². The number of nitrogens with zero attached hydrogens (tertiary/aromatic N) is 3. The van der Waals surface area contributed by atoms with Crippen LogP contribution in [0.25, 0.3) is 0 Å². The standard InChI is InChI=1S/C22H25N3O3/c1-4-16(2)15-27-20-8-5-18(6-9-20)7-10-21-13-19(24-28-21)14-25-12-11-23-22(25)17(3)26/h5-6,8-9,11-13,16-17,26H,4,14-15H2,1-3H3/t16-,17-/m0/s1. The van der Waals surface area contributed by atoms with Crippen LogP contribution < -0.4 is 4.74 Å². The Bertz CT molecular complexity index is 945. The fraction of sp³-hybridized carbons (Fsp3) is 0.364. The van der Waals surface area contributed by atoms with E-state index in [0.29, 0.717) is 24.0 Å². The summed E-state index contributed by atoms with van der Waals surface area (Å²) in [5.41, 5.74) is 1.60. The van der Waals surface area contributed by atoms with Crippen molar-refractivity contribution in [3.63, 3.8) is 0 Å². The maximum absolute atomic E-state index is 9.72. The fourth-order valence-corrected chi connectivity index (χ4v) is 2.57. The van der Waals surface area contributed by atoms with Gasteiger partial charge in [0.15, 0.2) is 0 Å². The van der Waals surface area contributed by atoms with Gasteiger partial charge in [0, 0.05) is 24.0 Å². The van der Waals surface area contributed by atoms with Crippen molar-refractivity contribution in [3.05, 3.63) is 65.6 Å². The molecule has 0 spiro atoms. The van der Waals surface area contributed by atoms with Gasteiger partial charge < -0.3 is 18.9 Å². The molecule has 2 aromatic heterocycles. The van der Waals surface area contributed by atoms with E-state index in [-0.39, 0.29) is 0 Å². The lowest BCUT2D eigenvalue weighted by atomic mass is 10.1. The van der Waals surface area contributed by atoms with Crippen molar-refractivity contribution < 1.29 is 14.4 Å². The maximum atomic E-state index is 9.72. The number of hydrogen-bond donors (Lipinski definition) is 1. The van der Waals surface area contributed by atoms with Crippen LogP contribution in [0.2, 0.25) is 0 Å². The number of rotatable bonds is 7. The molecule has 2 atom stereocenters. The summed E-state index contributed by atoms with van der Waals surface area (Å²) >= 11 is 0. The summed E-state index contributed by atoms with van der Waals surface area (Å²) in [7, 11) is 0. The molecule has 1 N–H and O–H groups in total. The molecule has 0 fully saturated rings. The van der Waals surface area contributed by atoms with Crippen LogP contribution in [0.3, 0.4) is 0 Å². The van der Waals surface area contributed by atoms with Gasteiger partial charge >= 0.3 is 0 Å². The minimum absolute atomic E-state index is 0.466. The molecule has 0 amide bonds. The molecule has 3 aromatic rings. The van der Waals surface area contributed by atoms with Gasteiger partial charge in [0.1, 0.15) is 23.4 Å². The van der Waals surface area contributed by atoms with Crippen LogP contribution in [0.4, 0.5) is 0 Å². The minimum atomic E-state index is -0.640. The second-order valence-corrected chi connectivity index (χ2v) is 6.87. The van der Waals surface area contributed by atoms with Crippen LogP contribution in [0, 0.1) is 17.8 Å². The molecule has 0 saturated carbocycles. The SMILES string of the molecule is CC[C@H](C)COc1ccc(C#Cc2cc(Cn3ccnc3[C@H](C)O)no2)cc1. The van der Waals surface area contributed by atoms with Crippen LogP contribution in [0.5, 0.6) is 5.75 Å². The molecule has 0 aliphatic carbocycles. The molecule has 0 radical (unpaired) electrons. The zero-order valence-corrected chi connectivity index (χ0v) is 16.4. The Morgan fingerprint density at radius 3 is 2.71 bits per heavy atom. The Balaban J connectivity index is 1.61. The van der Waals surface area contributed by atoms with Crippen molar-refractivity contribution in [1.29, 1.82) is 0 Å². The van der Waals surface area contributed by atoms with Gasteiger partial charge in [-0.15, -0.1) is 0 Å². The highest BCUT2D eigenvalue weighted by Crippen LogP contribution is 2.15. The zero-order valence-electron chi connectivity index (χ0n) is 16.4. The monoisotopic (exact) mass is 379 g/mol. The number of aromatic nitrogens is 3. The molecule has 146 valence electrons. The summed E-state index contributed by atoms with van der Waals surface area (Å²) < 4.78 is 12.9. The molecule has 0 bridgehead atoms. The van der Waals surface area contributed by atoms with E-state index in [4.69, 9.17) is 9.26 Å². The van der Waals surface area contributed by atoms with E-state index < -0.39 is 6.10 Å². The van der Waals surface area contributed by atoms with Crippen molar-refractivity contribution in [2.75, 3.05) is 6.61 Å². The van der Waals surface area contributed by atoms with E-state index >= 15 is 0 Å². The molecular weight excluding hydrogens is 354 g/mol. The summed E-state index contributed by atoms with van der Waals surface area (Å²) in [4.78, 5) is 4.15. The van der Waals surface area contributed by atoms with Crippen LogP contribution in [-0.2, 0) is 6.54 Å². The Kier molecular flexibility index (Phi) is 6.51. The summed E-state index contributed by atoms with van der Waals surface area (Å²) in [5.74, 6) is 8.52. The lowest BCUT2D eigenvalue weighted by molar-refractivity contribution is 0.184. The topological polar surface area (TPSA) is 73.3 Å². The zero-order chi connectivity index (χ0) is 19.9. The molecular formula is C22H25N3O3. The van der Waals surface area contributed by atoms with Gasteiger partial charge in [-0.3, -0.25) is 0 Å². The Morgan fingerprint density at radius 1 is 1.21 bits per heavy atom. The quantitative estimate of drug-likeness (QED) is 0.632. The third-order valence-electron chi connectivity index (χ3n) is 4.43. The number of benzene rings is 1. The normalized spacial score (nSPS) is 12.9. The molecule has 6 nitrogen and oxygen atoms in total. The van der Waals surface area contributed by atoms with Crippen molar-refractivity contribution in [2.24, 2.45) is 5.92 Å². The number of aliphatic hydroxyl groups excluding tert-OH is 1. The van der Waals surface area contributed by atoms with Gasteiger partial charge in [0.05, 0.1) is 13.2 Å². The third-order valence-corrected chi connectivity index (χ3v) is 4.43. The Hall–Kier alpha value is -3.04.